The number of amides is 1. The van der Waals surface area contributed by atoms with E-state index in [0.29, 0.717) is 18.8 Å². The predicted octanol–water partition coefficient (Wildman–Crippen LogP) is 2.25. The second-order valence-corrected chi connectivity index (χ2v) is 3.03. The van der Waals surface area contributed by atoms with Crippen molar-refractivity contribution in [2.45, 2.75) is 13.8 Å². The normalized spacial score (nSPS) is 9.73. The molecule has 0 heterocycles. The van der Waals surface area contributed by atoms with Crippen LogP contribution in [0, 0.1) is 0 Å². The number of benzene rings is 1. The van der Waals surface area contributed by atoms with Gasteiger partial charge >= 0.3 is 6.09 Å². The molecule has 0 spiro atoms. The van der Waals surface area contributed by atoms with Gasteiger partial charge in [-0.15, -0.1) is 0 Å². The molecule has 1 rings (SSSR count). The van der Waals surface area contributed by atoms with Crippen LogP contribution in [0.25, 0.3) is 0 Å². The van der Waals surface area contributed by atoms with Gasteiger partial charge in [0.05, 0.1) is 6.61 Å². The van der Waals surface area contributed by atoms with Crippen LogP contribution in [0.5, 0.6) is 0 Å². The van der Waals surface area contributed by atoms with Crippen molar-refractivity contribution in [3.05, 3.63) is 24.3 Å². The maximum atomic E-state index is 11.5. The van der Waals surface area contributed by atoms with E-state index in [1.165, 1.54) is 0 Å². The van der Waals surface area contributed by atoms with Crippen LogP contribution in [-0.4, -0.2) is 19.2 Å². The number of anilines is 2. The van der Waals surface area contributed by atoms with Crippen LogP contribution >= 0.6 is 0 Å². The molecule has 0 fully saturated rings. The number of ether oxygens (including phenoxy) is 1. The first-order valence-corrected chi connectivity index (χ1v) is 4.98. The summed E-state index contributed by atoms with van der Waals surface area (Å²) in [5.41, 5.74) is 7.04. The number of nitrogens with zero attached hydrogens (tertiary/aromatic N) is 1. The topological polar surface area (TPSA) is 55.6 Å². The molecule has 0 aromatic heterocycles. The fraction of sp³-hybridized carbons (Fsp3) is 0.364. The number of carbonyl (C=O) groups excluding carboxylic acids is 1. The third-order valence-corrected chi connectivity index (χ3v) is 2.01. The molecule has 4 heteroatoms. The highest BCUT2D eigenvalue weighted by Crippen LogP contribution is 2.16. The Labute approximate surface area is 89.6 Å². The number of hydrogen-bond acceptors (Lipinski definition) is 3. The van der Waals surface area contributed by atoms with E-state index in [4.69, 9.17) is 10.5 Å². The van der Waals surface area contributed by atoms with E-state index in [0.717, 1.165) is 5.69 Å². The third kappa shape index (κ3) is 2.87. The molecule has 0 saturated carbocycles. The first kappa shape index (κ1) is 11.4. The Morgan fingerprint density at radius 2 is 1.93 bits per heavy atom. The molecule has 2 N–H and O–H groups in total. The maximum absolute atomic E-state index is 11.5. The minimum absolute atomic E-state index is 0.329. The fourth-order valence-electron chi connectivity index (χ4n) is 1.27. The minimum atomic E-state index is -0.329. The summed E-state index contributed by atoms with van der Waals surface area (Å²) in [6.07, 6.45) is -0.329. The Bertz CT molecular complexity index is 322. The predicted molar refractivity (Wildman–Crippen MR) is 60.9 cm³/mol. The van der Waals surface area contributed by atoms with Crippen LogP contribution < -0.4 is 10.6 Å². The molecule has 0 unspecified atom stereocenters. The zero-order chi connectivity index (χ0) is 11.3. The van der Waals surface area contributed by atoms with Crippen LogP contribution in [0.15, 0.2) is 24.3 Å². The van der Waals surface area contributed by atoms with Crippen molar-refractivity contribution < 1.29 is 9.53 Å². The van der Waals surface area contributed by atoms with Crippen molar-refractivity contribution in [1.82, 2.24) is 0 Å². The average molecular weight is 208 g/mol. The Balaban J connectivity index is 2.82. The fourth-order valence-corrected chi connectivity index (χ4v) is 1.27. The Morgan fingerprint density at radius 3 is 2.40 bits per heavy atom. The van der Waals surface area contributed by atoms with Gasteiger partial charge < -0.3 is 10.5 Å². The van der Waals surface area contributed by atoms with Gasteiger partial charge in [-0.3, -0.25) is 4.90 Å². The second-order valence-electron chi connectivity index (χ2n) is 3.03. The minimum Gasteiger partial charge on any atom is -0.449 e. The van der Waals surface area contributed by atoms with Crippen molar-refractivity contribution in [3.63, 3.8) is 0 Å². The van der Waals surface area contributed by atoms with E-state index < -0.39 is 0 Å². The summed E-state index contributed by atoms with van der Waals surface area (Å²) in [6, 6.07) is 7.12. The Hall–Kier alpha value is -1.71. The van der Waals surface area contributed by atoms with Gasteiger partial charge in [-0.25, -0.2) is 4.79 Å². The highest BCUT2D eigenvalue weighted by molar-refractivity contribution is 5.87. The maximum Gasteiger partial charge on any atom is 0.414 e. The summed E-state index contributed by atoms with van der Waals surface area (Å²) in [5.74, 6) is 0. The number of rotatable bonds is 3. The summed E-state index contributed by atoms with van der Waals surface area (Å²) in [6.45, 7) is 4.63. The van der Waals surface area contributed by atoms with Gasteiger partial charge in [-0.1, -0.05) is 0 Å². The molecule has 0 aliphatic rings. The second kappa shape index (κ2) is 5.24. The zero-order valence-corrected chi connectivity index (χ0v) is 9.06. The monoisotopic (exact) mass is 208 g/mol. The molecule has 1 aromatic rings. The standard InChI is InChI=1S/C11H16N2O2/c1-3-13(11(14)15-4-2)10-7-5-9(12)6-8-10/h5-8H,3-4,12H2,1-2H3. The molecular weight excluding hydrogens is 192 g/mol. The lowest BCUT2D eigenvalue weighted by Crippen LogP contribution is -2.31. The SMILES string of the molecule is CCOC(=O)N(CC)c1ccc(N)cc1. The van der Waals surface area contributed by atoms with Gasteiger partial charge in [0.15, 0.2) is 0 Å². The molecule has 0 aliphatic carbocycles. The first-order valence-electron chi connectivity index (χ1n) is 4.98. The van der Waals surface area contributed by atoms with Gasteiger partial charge in [-0.2, -0.15) is 0 Å². The van der Waals surface area contributed by atoms with Crippen LogP contribution in [-0.2, 0) is 4.74 Å². The van der Waals surface area contributed by atoms with Gasteiger partial charge in [0.2, 0.25) is 0 Å². The van der Waals surface area contributed by atoms with E-state index in [1.807, 2.05) is 6.92 Å². The molecule has 1 amide bonds. The zero-order valence-electron chi connectivity index (χ0n) is 9.06. The van der Waals surface area contributed by atoms with E-state index in [1.54, 1.807) is 36.1 Å². The van der Waals surface area contributed by atoms with Crippen molar-refractivity contribution in [2.24, 2.45) is 0 Å². The van der Waals surface area contributed by atoms with E-state index >= 15 is 0 Å². The van der Waals surface area contributed by atoms with Gasteiger partial charge in [0, 0.05) is 17.9 Å². The number of nitrogens with two attached hydrogens (primary N) is 1. The number of nitrogen functional groups attached to an aromatic ring is 1. The summed E-state index contributed by atoms with van der Waals surface area (Å²) in [4.78, 5) is 13.1. The van der Waals surface area contributed by atoms with Crippen LogP contribution in [0.4, 0.5) is 16.2 Å². The summed E-state index contributed by atoms with van der Waals surface area (Å²) in [7, 11) is 0. The lowest BCUT2D eigenvalue weighted by Gasteiger charge is -2.19. The molecule has 0 atom stereocenters. The van der Waals surface area contributed by atoms with Crippen molar-refractivity contribution in [3.8, 4) is 0 Å². The lowest BCUT2D eigenvalue weighted by molar-refractivity contribution is 0.160. The van der Waals surface area contributed by atoms with Crippen molar-refractivity contribution in [2.75, 3.05) is 23.8 Å². The molecule has 1 aromatic carbocycles. The van der Waals surface area contributed by atoms with Gasteiger partial charge in [0.1, 0.15) is 0 Å². The molecule has 0 saturated heterocycles. The molecule has 0 radical (unpaired) electrons. The summed E-state index contributed by atoms with van der Waals surface area (Å²) >= 11 is 0. The van der Waals surface area contributed by atoms with Crippen molar-refractivity contribution in [1.29, 1.82) is 0 Å². The van der Waals surface area contributed by atoms with E-state index in [9.17, 15) is 4.79 Å². The Kier molecular flexibility index (Phi) is 3.97. The summed E-state index contributed by atoms with van der Waals surface area (Å²) < 4.78 is 4.94. The van der Waals surface area contributed by atoms with Gasteiger partial charge in [0.25, 0.3) is 0 Å². The molecule has 82 valence electrons. The number of carbonyl (C=O) groups is 1. The molecule has 4 nitrogen and oxygen atoms in total. The lowest BCUT2D eigenvalue weighted by atomic mass is 10.2. The number of hydrogen-bond donors (Lipinski definition) is 1. The van der Waals surface area contributed by atoms with Gasteiger partial charge in [-0.05, 0) is 38.1 Å². The highest BCUT2D eigenvalue weighted by atomic mass is 16.6. The van der Waals surface area contributed by atoms with Crippen molar-refractivity contribution >= 4 is 17.5 Å². The Morgan fingerprint density at radius 1 is 1.33 bits per heavy atom. The summed E-state index contributed by atoms with van der Waals surface area (Å²) in [5, 5.41) is 0. The van der Waals surface area contributed by atoms with E-state index in [-0.39, 0.29) is 6.09 Å². The molecule has 0 aliphatic heterocycles. The van der Waals surface area contributed by atoms with Crippen LogP contribution in [0.2, 0.25) is 0 Å². The van der Waals surface area contributed by atoms with E-state index in [2.05, 4.69) is 0 Å². The largest absolute Gasteiger partial charge is 0.449 e. The first-order chi connectivity index (χ1) is 7.19. The highest BCUT2D eigenvalue weighted by Gasteiger charge is 2.13. The smallest absolute Gasteiger partial charge is 0.414 e. The average Bonchev–Trinajstić information content (AvgIpc) is 2.22. The molecule has 0 bridgehead atoms. The quantitative estimate of drug-likeness (QED) is 0.775. The third-order valence-electron chi connectivity index (χ3n) is 2.01. The van der Waals surface area contributed by atoms with Crippen LogP contribution in [0.1, 0.15) is 13.8 Å². The van der Waals surface area contributed by atoms with Crippen LogP contribution in [0.3, 0.4) is 0 Å². The molecule has 15 heavy (non-hydrogen) atoms. The molecular formula is C11H16N2O2.